The Labute approximate surface area is 92.2 Å². The Morgan fingerprint density at radius 1 is 1.40 bits per heavy atom. The maximum absolute atomic E-state index is 11.4. The molecule has 0 spiro atoms. The Bertz CT molecular complexity index is 198. The van der Waals surface area contributed by atoms with Crippen molar-refractivity contribution in [3.8, 4) is 0 Å². The first-order valence-electron chi connectivity index (χ1n) is 5.54. The predicted octanol–water partition coefficient (Wildman–Crippen LogP) is 2.01. The number of rotatable bonds is 0. The lowest BCUT2D eigenvalue weighted by atomic mass is 10.2. The first kappa shape index (κ1) is 14.2. The number of aliphatic hydroxyl groups is 1. The van der Waals surface area contributed by atoms with Gasteiger partial charge in [0, 0.05) is 13.1 Å². The third-order valence-electron chi connectivity index (χ3n) is 1.82. The normalized spacial score (nSPS) is 20.7. The van der Waals surface area contributed by atoms with Gasteiger partial charge in [-0.2, -0.15) is 0 Å². The molecule has 1 aliphatic rings. The lowest BCUT2D eigenvalue weighted by molar-refractivity contribution is 0.0270. The number of β-amino-alcohol motifs (C(OH)–C–C–N with tert-alkyl or cyclic N) is 1. The number of carbonyl (C=O) groups excluding carboxylic acids is 1. The first-order chi connectivity index (χ1) is 6.88. The van der Waals surface area contributed by atoms with E-state index in [1.807, 2.05) is 34.6 Å². The third-order valence-corrected chi connectivity index (χ3v) is 1.82. The molecule has 0 aliphatic carbocycles. The molecule has 0 aromatic heterocycles. The molecule has 1 saturated heterocycles. The number of carbonyl (C=O) groups is 1. The van der Waals surface area contributed by atoms with Gasteiger partial charge in [0.2, 0.25) is 0 Å². The summed E-state index contributed by atoms with van der Waals surface area (Å²) in [4.78, 5) is 12.9. The van der Waals surface area contributed by atoms with Crippen LogP contribution in [0.3, 0.4) is 0 Å². The second-order valence-corrected chi connectivity index (χ2v) is 4.37. The Morgan fingerprint density at radius 2 is 1.93 bits per heavy atom. The summed E-state index contributed by atoms with van der Waals surface area (Å²) in [6.45, 7) is 10.5. The van der Waals surface area contributed by atoms with Gasteiger partial charge in [-0.3, -0.25) is 0 Å². The summed E-state index contributed by atoms with van der Waals surface area (Å²) >= 11 is 0. The minimum Gasteiger partial charge on any atom is -0.444 e. The van der Waals surface area contributed by atoms with Crippen molar-refractivity contribution in [2.45, 2.75) is 52.7 Å². The molecule has 4 heteroatoms. The molecule has 4 nitrogen and oxygen atoms in total. The smallest absolute Gasteiger partial charge is 0.410 e. The molecule has 1 fully saturated rings. The predicted molar refractivity (Wildman–Crippen MR) is 59.8 cm³/mol. The van der Waals surface area contributed by atoms with Crippen LogP contribution in [0.5, 0.6) is 0 Å². The first-order valence-corrected chi connectivity index (χ1v) is 5.54. The maximum atomic E-state index is 11.4. The second kappa shape index (κ2) is 5.95. The monoisotopic (exact) mass is 217 g/mol. The van der Waals surface area contributed by atoms with Crippen molar-refractivity contribution in [1.82, 2.24) is 4.90 Å². The molecule has 1 N–H and O–H groups in total. The van der Waals surface area contributed by atoms with E-state index in [0.29, 0.717) is 19.5 Å². The molecular weight excluding hydrogens is 194 g/mol. The van der Waals surface area contributed by atoms with Gasteiger partial charge in [-0.15, -0.1) is 0 Å². The van der Waals surface area contributed by atoms with Gasteiger partial charge in [0.05, 0.1) is 6.10 Å². The van der Waals surface area contributed by atoms with E-state index >= 15 is 0 Å². The van der Waals surface area contributed by atoms with Gasteiger partial charge in [0.1, 0.15) is 5.60 Å². The zero-order chi connectivity index (χ0) is 12.1. The summed E-state index contributed by atoms with van der Waals surface area (Å²) in [5.41, 5.74) is -0.454. The van der Waals surface area contributed by atoms with E-state index in [4.69, 9.17) is 4.74 Å². The SMILES string of the molecule is CC.CC(C)(C)OC(=O)N1CC[C@@H](O)C1. The van der Waals surface area contributed by atoms with Gasteiger partial charge in [0.25, 0.3) is 0 Å². The molecule has 0 saturated carbocycles. The lowest BCUT2D eigenvalue weighted by Gasteiger charge is -2.24. The van der Waals surface area contributed by atoms with Gasteiger partial charge < -0.3 is 14.7 Å². The highest BCUT2D eigenvalue weighted by atomic mass is 16.6. The van der Waals surface area contributed by atoms with Crippen molar-refractivity contribution in [2.24, 2.45) is 0 Å². The average Bonchev–Trinajstić information content (AvgIpc) is 2.52. The molecule has 0 unspecified atom stereocenters. The van der Waals surface area contributed by atoms with E-state index in [0.717, 1.165) is 0 Å². The minimum atomic E-state index is -0.454. The highest BCUT2D eigenvalue weighted by Crippen LogP contribution is 2.14. The number of hydrogen-bond acceptors (Lipinski definition) is 3. The number of aliphatic hydroxyl groups excluding tert-OH is 1. The average molecular weight is 217 g/mol. The maximum Gasteiger partial charge on any atom is 0.410 e. The molecule has 0 aromatic carbocycles. The van der Waals surface area contributed by atoms with Crippen LogP contribution in [0.2, 0.25) is 0 Å². The zero-order valence-corrected chi connectivity index (χ0v) is 10.4. The van der Waals surface area contributed by atoms with E-state index in [-0.39, 0.29) is 12.2 Å². The van der Waals surface area contributed by atoms with Gasteiger partial charge in [-0.25, -0.2) is 4.79 Å². The number of amides is 1. The topological polar surface area (TPSA) is 49.8 Å². The molecule has 0 aromatic rings. The molecule has 0 bridgehead atoms. The van der Waals surface area contributed by atoms with Crippen LogP contribution >= 0.6 is 0 Å². The number of hydrogen-bond donors (Lipinski definition) is 1. The molecule has 15 heavy (non-hydrogen) atoms. The van der Waals surface area contributed by atoms with Crippen LogP contribution in [-0.4, -0.2) is 40.9 Å². The molecule has 1 heterocycles. The summed E-state index contributed by atoms with van der Waals surface area (Å²) in [5, 5.41) is 9.20. The molecule has 1 atom stereocenters. The Hall–Kier alpha value is -0.770. The Balaban J connectivity index is 0.000000921. The summed E-state index contributed by atoms with van der Waals surface area (Å²) in [6, 6.07) is 0. The largest absolute Gasteiger partial charge is 0.444 e. The van der Waals surface area contributed by atoms with Crippen LogP contribution in [0.15, 0.2) is 0 Å². The van der Waals surface area contributed by atoms with Crippen molar-refractivity contribution >= 4 is 6.09 Å². The van der Waals surface area contributed by atoms with Gasteiger partial charge in [0.15, 0.2) is 0 Å². The van der Waals surface area contributed by atoms with Crippen LogP contribution in [0.1, 0.15) is 41.0 Å². The van der Waals surface area contributed by atoms with Crippen molar-refractivity contribution in [3.63, 3.8) is 0 Å². The molecular formula is C11H23NO3. The van der Waals surface area contributed by atoms with E-state index in [1.54, 1.807) is 0 Å². The van der Waals surface area contributed by atoms with Crippen molar-refractivity contribution in [3.05, 3.63) is 0 Å². The molecule has 1 amide bonds. The van der Waals surface area contributed by atoms with E-state index < -0.39 is 5.60 Å². The van der Waals surface area contributed by atoms with E-state index in [9.17, 15) is 9.90 Å². The summed E-state index contributed by atoms with van der Waals surface area (Å²) < 4.78 is 5.15. The highest BCUT2D eigenvalue weighted by molar-refractivity contribution is 5.68. The van der Waals surface area contributed by atoms with Gasteiger partial charge in [-0.1, -0.05) is 13.8 Å². The Kier molecular flexibility index (Phi) is 5.65. The molecule has 90 valence electrons. The summed E-state index contributed by atoms with van der Waals surface area (Å²) in [5.74, 6) is 0. The van der Waals surface area contributed by atoms with Crippen LogP contribution in [0.4, 0.5) is 4.79 Å². The zero-order valence-electron chi connectivity index (χ0n) is 10.4. The van der Waals surface area contributed by atoms with Crippen LogP contribution in [-0.2, 0) is 4.74 Å². The quantitative estimate of drug-likeness (QED) is 0.675. The number of likely N-dealkylation sites (tertiary alicyclic amines) is 1. The fraction of sp³-hybridized carbons (Fsp3) is 0.909. The van der Waals surface area contributed by atoms with E-state index in [1.165, 1.54) is 4.90 Å². The van der Waals surface area contributed by atoms with Crippen LogP contribution in [0, 0.1) is 0 Å². The molecule has 1 aliphatic heterocycles. The van der Waals surface area contributed by atoms with Crippen molar-refractivity contribution < 1.29 is 14.6 Å². The lowest BCUT2D eigenvalue weighted by Crippen LogP contribution is -2.35. The molecule has 0 radical (unpaired) electrons. The van der Waals surface area contributed by atoms with Crippen LogP contribution in [0.25, 0.3) is 0 Å². The van der Waals surface area contributed by atoms with Crippen molar-refractivity contribution in [2.75, 3.05) is 13.1 Å². The third kappa shape index (κ3) is 5.62. The standard InChI is InChI=1S/C9H17NO3.C2H6/c1-9(2,3)13-8(12)10-5-4-7(11)6-10;1-2/h7,11H,4-6H2,1-3H3;1-2H3/t7-;/m1./s1. The number of ether oxygens (including phenoxy) is 1. The fourth-order valence-electron chi connectivity index (χ4n) is 1.23. The van der Waals surface area contributed by atoms with Gasteiger partial charge >= 0.3 is 6.09 Å². The van der Waals surface area contributed by atoms with E-state index in [2.05, 4.69) is 0 Å². The fourth-order valence-corrected chi connectivity index (χ4v) is 1.23. The second-order valence-electron chi connectivity index (χ2n) is 4.37. The van der Waals surface area contributed by atoms with Gasteiger partial charge in [-0.05, 0) is 27.2 Å². The highest BCUT2D eigenvalue weighted by Gasteiger charge is 2.28. The summed E-state index contributed by atoms with van der Waals surface area (Å²) in [7, 11) is 0. The minimum absolute atomic E-state index is 0.330. The molecule has 1 rings (SSSR count). The van der Waals surface area contributed by atoms with Crippen molar-refractivity contribution in [1.29, 1.82) is 0 Å². The summed E-state index contributed by atoms with van der Waals surface area (Å²) in [6.07, 6.45) is -0.0595. The van der Waals surface area contributed by atoms with Crippen LogP contribution < -0.4 is 0 Å². The Morgan fingerprint density at radius 3 is 2.27 bits per heavy atom. The number of nitrogens with zero attached hydrogens (tertiary/aromatic N) is 1.